The van der Waals surface area contributed by atoms with Gasteiger partial charge in [0.25, 0.3) is 11.8 Å². The molecule has 6 atom stereocenters. The highest BCUT2D eigenvalue weighted by Gasteiger charge is 2.69. The van der Waals surface area contributed by atoms with Crippen LogP contribution >= 0.6 is 23.2 Å². The van der Waals surface area contributed by atoms with E-state index < -0.39 is 71.0 Å². The molecule has 286 valence electrons. The quantitative estimate of drug-likeness (QED) is 0.160. The zero-order valence-electron chi connectivity index (χ0n) is 30.0. The van der Waals surface area contributed by atoms with Gasteiger partial charge in [-0.1, -0.05) is 59.1 Å². The van der Waals surface area contributed by atoms with Gasteiger partial charge in [-0.05, 0) is 72.4 Å². The van der Waals surface area contributed by atoms with E-state index in [9.17, 15) is 29.4 Å². The highest BCUT2D eigenvalue weighted by Crippen LogP contribution is 2.61. The fraction of sp³-hybridized carbons (Fsp3) is 0.325. The number of nitrogens with zero attached hydrogens (tertiary/aromatic N) is 2. The van der Waals surface area contributed by atoms with Crippen LogP contribution in [-0.2, 0) is 29.4 Å². The van der Waals surface area contributed by atoms with Gasteiger partial charge in [0.15, 0.2) is 11.5 Å². The first-order chi connectivity index (χ1) is 26.3. The van der Waals surface area contributed by atoms with Gasteiger partial charge < -0.3 is 24.4 Å². The summed E-state index contributed by atoms with van der Waals surface area (Å²) >= 11 is 12.7. The van der Waals surface area contributed by atoms with Crippen LogP contribution in [0.25, 0.3) is 6.08 Å². The third-order valence-corrected chi connectivity index (χ3v) is 11.8. The van der Waals surface area contributed by atoms with Gasteiger partial charge in [-0.2, -0.15) is 5.01 Å². The number of ether oxygens (including phenoxy) is 3. The molecule has 2 aliphatic carbocycles. The van der Waals surface area contributed by atoms with Crippen molar-refractivity contribution >= 4 is 64.6 Å². The van der Waals surface area contributed by atoms with Crippen LogP contribution in [0.15, 0.2) is 72.3 Å². The third kappa shape index (κ3) is 6.15. The fourth-order valence-electron chi connectivity index (χ4n) is 8.80. The van der Waals surface area contributed by atoms with E-state index in [-0.39, 0.29) is 47.3 Å². The van der Waals surface area contributed by atoms with E-state index in [0.29, 0.717) is 27.5 Å². The van der Waals surface area contributed by atoms with Gasteiger partial charge in [0.05, 0.1) is 61.6 Å². The zero-order chi connectivity index (χ0) is 39.3. The molecule has 1 saturated carbocycles. The topological polar surface area (TPSA) is 172 Å². The number of phenolic OH excluding ortho intramolecular Hbond substituents is 1. The molecule has 4 amide bonds. The van der Waals surface area contributed by atoms with Crippen LogP contribution in [-0.4, -0.2) is 77.6 Å². The maximum atomic E-state index is 15.3. The summed E-state index contributed by atoms with van der Waals surface area (Å²) in [6, 6.07) is 14.7. The normalized spacial score (nSPS) is 25.8. The monoisotopic (exact) mass is 789 g/mol. The van der Waals surface area contributed by atoms with Gasteiger partial charge in [-0.25, -0.2) is 0 Å². The summed E-state index contributed by atoms with van der Waals surface area (Å²) in [4.78, 5) is 70.3. The van der Waals surface area contributed by atoms with Crippen molar-refractivity contribution in [1.82, 2.24) is 9.91 Å². The predicted octanol–water partition coefficient (Wildman–Crippen LogP) is 5.73. The molecule has 13 nitrogen and oxygen atoms in total. The lowest BCUT2D eigenvalue weighted by atomic mass is 9.50. The van der Waals surface area contributed by atoms with Crippen molar-refractivity contribution in [2.45, 2.75) is 24.7 Å². The number of hydrazine groups is 1. The summed E-state index contributed by atoms with van der Waals surface area (Å²) in [5.74, 6) is -6.85. The number of methoxy groups -OCH3 is 3. The highest BCUT2D eigenvalue weighted by atomic mass is 35.5. The number of imide groups is 2. The summed E-state index contributed by atoms with van der Waals surface area (Å²) < 4.78 is 16.2. The number of carboxylic acid groups (broad SMARTS) is 1. The largest absolute Gasteiger partial charge is 0.502 e. The molecule has 6 unspecified atom stereocenters. The number of carbonyl (C=O) groups excluding carboxylic acids is 4. The number of hydrogen-bond donors (Lipinski definition) is 3. The summed E-state index contributed by atoms with van der Waals surface area (Å²) in [6.45, 7) is -0.272. The second-order valence-electron chi connectivity index (χ2n) is 13.9. The van der Waals surface area contributed by atoms with Crippen LogP contribution in [0.2, 0.25) is 10.0 Å². The smallest absolute Gasteiger partial charge is 0.305 e. The minimum absolute atomic E-state index is 0.0348. The SMILES string of the molecule is COc1ccc(C23C(=O)N(Nc4ccc(Cl)cc4Cl)C(=O)C2CC2C(=CCC4C(=O)N(CCC(=O)O)C(=O)C42)C3C=Cc2cc(OC)c(O)c(OC)c2)cc1. The molecule has 2 saturated heterocycles. The van der Waals surface area contributed by atoms with E-state index >= 15 is 4.79 Å². The Morgan fingerprint density at radius 2 is 1.62 bits per heavy atom. The molecule has 7 rings (SSSR count). The Morgan fingerprint density at radius 3 is 2.24 bits per heavy atom. The maximum Gasteiger partial charge on any atom is 0.305 e. The number of nitrogens with one attached hydrogen (secondary N) is 1. The number of aromatic hydroxyl groups is 1. The number of anilines is 1. The van der Waals surface area contributed by atoms with Crippen molar-refractivity contribution in [2.75, 3.05) is 33.3 Å². The number of likely N-dealkylation sites (tertiary alicyclic amines) is 1. The summed E-state index contributed by atoms with van der Waals surface area (Å²) in [6.07, 6.45) is 5.22. The van der Waals surface area contributed by atoms with E-state index in [4.69, 9.17) is 37.4 Å². The molecule has 3 aromatic carbocycles. The number of carboxylic acids is 1. The Balaban J connectivity index is 1.42. The van der Waals surface area contributed by atoms with Crippen molar-refractivity contribution in [3.05, 3.63) is 93.5 Å². The van der Waals surface area contributed by atoms with Crippen molar-refractivity contribution in [3.63, 3.8) is 0 Å². The molecule has 3 fully saturated rings. The van der Waals surface area contributed by atoms with E-state index in [1.807, 2.05) is 6.08 Å². The molecular weight excluding hydrogens is 753 g/mol. The van der Waals surface area contributed by atoms with Gasteiger partial charge in [0.1, 0.15) is 5.75 Å². The lowest BCUT2D eigenvalue weighted by Gasteiger charge is -2.49. The Kier molecular flexibility index (Phi) is 10.0. The van der Waals surface area contributed by atoms with E-state index in [0.717, 1.165) is 9.91 Å². The molecule has 2 aliphatic heterocycles. The van der Waals surface area contributed by atoms with Crippen molar-refractivity contribution in [2.24, 2.45) is 29.6 Å². The molecule has 3 aromatic rings. The van der Waals surface area contributed by atoms with Crippen LogP contribution in [0.4, 0.5) is 5.69 Å². The first kappa shape index (κ1) is 37.8. The number of amides is 4. The van der Waals surface area contributed by atoms with Crippen LogP contribution < -0.4 is 19.6 Å². The van der Waals surface area contributed by atoms with Crippen LogP contribution in [0.3, 0.4) is 0 Å². The van der Waals surface area contributed by atoms with Crippen LogP contribution in [0, 0.1) is 29.6 Å². The van der Waals surface area contributed by atoms with Gasteiger partial charge in [0.2, 0.25) is 17.6 Å². The van der Waals surface area contributed by atoms with Crippen LogP contribution in [0.5, 0.6) is 23.0 Å². The number of phenols is 1. The number of rotatable bonds is 11. The second-order valence-corrected chi connectivity index (χ2v) is 14.7. The molecule has 2 heterocycles. The molecule has 0 spiro atoms. The molecule has 0 radical (unpaired) electrons. The van der Waals surface area contributed by atoms with E-state index in [1.165, 1.54) is 27.4 Å². The molecule has 0 bridgehead atoms. The van der Waals surface area contributed by atoms with Gasteiger partial charge in [-0.3, -0.25) is 34.3 Å². The molecule has 15 heteroatoms. The van der Waals surface area contributed by atoms with Crippen molar-refractivity contribution in [3.8, 4) is 23.0 Å². The van der Waals surface area contributed by atoms with Crippen LogP contribution in [0.1, 0.15) is 30.4 Å². The summed E-state index contributed by atoms with van der Waals surface area (Å²) in [7, 11) is 4.32. The minimum atomic E-state index is -1.58. The van der Waals surface area contributed by atoms with Gasteiger partial charge in [0, 0.05) is 17.5 Å². The number of halogens is 2. The van der Waals surface area contributed by atoms with E-state index in [2.05, 4.69) is 5.43 Å². The number of allylic oxidation sites excluding steroid dienone is 3. The summed E-state index contributed by atoms with van der Waals surface area (Å²) in [5.41, 5.74) is 3.36. The Bertz CT molecular complexity index is 2150. The molecule has 3 N–H and O–H groups in total. The van der Waals surface area contributed by atoms with E-state index in [1.54, 1.807) is 60.7 Å². The number of aliphatic carboxylic acids is 1. The fourth-order valence-corrected chi connectivity index (χ4v) is 9.25. The van der Waals surface area contributed by atoms with Crippen molar-refractivity contribution < 1.29 is 48.4 Å². The Morgan fingerprint density at radius 1 is 0.927 bits per heavy atom. The number of fused-ring (bicyclic) bond motifs is 4. The van der Waals surface area contributed by atoms with Gasteiger partial charge in [-0.15, -0.1) is 0 Å². The molecule has 0 aromatic heterocycles. The average molecular weight is 791 g/mol. The number of carbonyl (C=O) groups is 5. The van der Waals surface area contributed by atoms with Crippen molar-refractivity contribution in [1.29, 1.82) is 0 Å². The lowest BCUT2D eigenvalue weighted by Crippen LogP contribution is -2.54. The number of benzene rings is 3. The molecule has 4 aliphatic rings. The predicted molar refractivity (Wildman–Crippen MR) is 201 cm³/mol. The second kappa shape index (κ2) is 14.6. The highest BCUT2D eigenvalue weighted by molar-refractivity contribution is 6.36. The average Bonchev–Trinajstić information content (AvgIpc) is 3.54. The first-order valence-corrected chi connectivity index (χ1v) is 18.3. The maximum absolute atomic E-state index is 15.3. The zero-order valence-corrected chi connectivity index (χ0v) is 31.5. The molecular formula is C40H37Cl2N3O10. The Labute approximate surface area is 326 Å². The first-order valence-electron chi connectivity index (χ1n) is 17.5. The summed E-state index contributed by atoms with van der Waals surface area (Å²) in [5, 5.41) is 21.4. The standard InChI is InChI=1S/C40H37Cl2N3O10/c1-53-23-8-5-21(6-9-23)40-27(12-4-20-16-31(54-2)35(48)32(17-20)55-3)24-10-11-25-34(38(51)44(36(25)49)15-14-33(46)47)26(24)19-28(40)37(50)45(39(40)52)43-30-13-7-22(41)18-29(30)42/h4-10,12-13,16-18,25-28,34,43,48H,11,14-15,19H2,1-3H3,(H,46,47). The number of hydrogen-bond acceptors (Lipinski definition) is 10. The molecule has 55 heavy (non-hydrogen) atoms. The third-order valence-electron chi connectivity index (χ3n) is 11.3. The lowest BCUT2D eigenvalue weighted by molar-refractivity contribution is -0.143. The minimum Gasteiger partial charge on any atom is -0.502 e. The van der Waals surface area contributed by atoms with Gasteiger partial charge >= 0.3 is 5.97 Å². The Hall–Kier alpha value is -5.53.